The normalized spacial score (nSPS) is 10.7. The summed E-state index contributed by atoms with van der Waals surface area (Å²) >= 11 is 0. The second-order valence-corrected chi connectivity index (χ2v) is 4.87. The molecule has 0 fully saturated rings. The number of benzene rings is 1. The van der Waals surface area contributed by atoms with Crippen LogP contribution in [-0.2, 0) is 19.4 Å². The van der Waals surface area contributed by atoms with Crippen LogP contribution in [0.15, 0.2) is 41.2 Å². The first-order valence-corrected chi connectivity index (χ1v) is 6.93. The molecule has 0 atom stereocenters. The van der Waals surface area contributed by atoms with Crippen LogP contribution < -0.4 is 5.56 Å². The SMILES string of the molecule is CCc1cc(C)n(Cc2ccccc2)c(=O)c1CC. The van der Waals surface area contributed by atoms with E-state index in [2.05, 4.69) is 32.0 Å². The quantitative estimate of drug-likeness (QED) is 0.821. The molecule has 0 saturated heterocycles. The molecule has 0 aliphatic rings. The minimum atomic E-state index is 0.170. The minimum Gasteiger partial charge on any atom is -0.308 e. The van der Waals surface area contributed by atoms with Gasteiger partial charge in [0.15, 0.2) is 0 Å². The fraction of sp³-hybridized carbons (Fsp3) is 0.353. The van der Waals surface area contributed by atoms with Crippen LogP contribution in [0.3, 0.4) is 0 Å². The molecule has 0 bridgehead atoms. The maximum Gasteiger partial charge on any atom is 0.254 e. The molecular formula is C17H21NO. The summed E-state index contributed by atoms with van der Waals surface area (Å²) in [7, 11) is 0. The average molecular weight is 255 g/mol. The van der Waals surface area contributed by atoms with Crippen LogP contribution in [0.25, 0.3) is 0 Å². The molecule has 100 valence electrons. The van der Waals surface area contributed by atoms with Crippen molar-refractivity contribution in [3.63, 3.8) is 0 Å². The van der Waals surface area contributed by atoms with Gasteiger partial charge in [-0.05, 0) is 37.0 Å². The number of hydrogen-bond acceptors (Lipinski definition) is 1. The summed E-state index contributed by atoms with van der Waals surface area (Å²) in [6.07, 6.45) is 1.72. The van der Waals surface area contributed by atoms with E-state index in [-0.39, 0.29) is 5.56 Å². The van der Waals surface area contributed by atoms with Crippen LogP contribution in [0.4, 0.5) is 0 Å². The molecule has 1 heterocycles. The summed E-state index contributed by atoms with van der Waals surface area (Å²) in [6, 6.07) is 12.3. The topological polar surface area (TPSA) is 22.0 Å². The molecule has 0 radical (unpaired) electrons. The largest absolute Gasteiger partial charge is 0.308 e. The molecule has 19 heavy (non-hydrogen) atoms. The molecule has 2 aromatic rings. The number of nitrogens with zero attached hydrogens (tertiary/aromatic N) is 1. The van der Waals surface area contributed by atoms with Crippen LogP contribution in [0, 0.1) is 6.92 Å². The third-order valence-corrected chi connectivity index (χ3v) is 3.62. The van der Waals surface area contributed by atoms with Crippen molar-refractivity contribution < 1.29 is 0 Å². The van der Waals surface area contributed by atoms with Crippen molar-refractivity contribution in [1.29, 1.82) is 0 Å². The third-order valence-electron chi connectivity index (χ3n) is 3.62. The van der Waals surface area contributed by atoms with Crippen molar-refractivity contribution in [2.24, 2.45) is 0 Å². The van der Waals surface area contributed by atoms with Gasteiger partial charge in [0.05, 0.1) is 6.54 Å². The Hall–Kier alpha value is -1.83. The van der Waals surface area contributed by atoms with Crippen LogP contribution >= 0.6 is 0 Å². The third kappa shape index (κ3) is 2.78. The molecule has 2 nitrogen and oxygen atoms in total. The summed E-state index contributed by atoms with van der Waals surface area (Å²) in [5, 5.41) is 0. The van der Waals surface area contributed by atoms with Crippen molar-refractivity contribution >= 4 is 0 Å². The number of aromatic nitrogens is 1. The van der Waals surface area contributed by atoms with Crippen molar-refractivity contribution in [3.8, 4) is 0 Å². The van der Waals surface area contributed by atoms with Gasteiger partial charge < -0.3 is 4.57 Å². The minimum absolute atomic E-state index is 0.170. The lowest BCUT2D eigenvalue weighted by Gasteiger charge is -2.15. The highest BCUT2D eigenvalue weighted by atomic mass is 16.1. The Morgan fingerprint density at radius 3 is 2.32 bits per heavy atom. The van der Waals surface area contributed by atoms with Gasteiger partial charge in [0.25, 0.3) is 5.56 Å². The van der Waals surface area contributed by atoms with E-state index in [0.717, 1.165) is 24.1 Å². The van der Waals surface area contributed by atoms with Crippen molar-refractivity contribution in [2.45, 2.75) is 40.2 Å². The lowest BCUT2D eigenvalue weighted by atomic mass is 10.0. The van der Waals surface area contributed by atoms with E-state index < -0.39 is 0 Å². The highest BCUT2D eigenvalue weighted by Crippen LogP contribution is 2.11. The molecule has 0 aliphatic carbocycles. The van der Waals surface area contributed by atoms with E-state index in [4.69, 9.17) is 0 Å². The van der Waals surface area contributed by atoms with Gasteiger partial charge >= 0.3 is 0 Å². The Bertz CT molecular complexity index is 611. The predicted octanol–water partition coefficient (Wildman–Crippen LogP) is 3.33. The zero-order valence-corrected chi connectivity index (χ0v) is 11.9. The highest BCUT2D eigenvalue weighted by Gasteiger charge is 2.10. The fourth-order valence-electron chi connectivity index (χ4n) is 2.53. The maximum absolute atomic E-state index is 12.6. The van der Waals surface area contributed by atoms with Crippen molar-refractivity contribution in [2.75, 3.05) is 0 Å². The van der Waals surface area contributed by atoms with E-state index in [9.17, 15) is 4.79 Å². The molecule has 0 unspecified atom stereocenters. The molecule has 0 aliphatic heterocycles. The van der Waals surface area contributed by atoms with Crippen LogP contribution in [-0.4, -0.2) is 4.57 Å². The standard InChI is InChI=1S/C17H21NO/c1-4-15-11-13(3)18(17(19)16(15)5-2)12-14-9-7-6-8-10-14/h6-11H,4-5,12H2,1-3H3. The Morgan fingerprint density at radius 1 is 1.05 bits per heavy atom. The second-order valence-electron chi connectivity index (χ2n) is 4.87. The number of aryl methyl sites for hydroxylation is 2. The van der Waals surface area contributed by atoms with Gasteiger partial charge in [-0.3, -0.25) is 4.79 Å². The Morgan fingerprint density at radius 2 is 1.74 bits per heavy atom. The van der Waals surface area contributed by atoms with E-state index in [0.29, 0.717) is 6.54 Å². The maximum atomic E-state index is 12.6. The van der Waals surface area contributed by atoms with Gasteiger partial charge in [0.1, 0.15) is 0 Å². The average Bonchev–Trinajstić information content (AvgIpc) is 2.44. The summed E-state index contributed by atoms with van der Waals surface area (Å²) < 4.78 is 1.88. The number of hydrogen-bond donors (Lipinski definition) is 0. The summed E-state index contributed by atoms with van der Waals surface area (Å²) in [4.78, 5) is 12.6. The van der Waals surface area contributed by atoms with E-state index in [1.165, 1.54) is 11.1 Å². The Balaban J connectivity index is 2.49. The molecule has 0 spiro atoms. The molecule has 1 aromatic carbocycles. The Labute approximate surface area is 114 Å². The molecule has 0 amide bonds. The Kier molecular flexibility index (Phi) is 4.20. The smallest absolute Gasteiger partial charge is 0.254 e. The van der Waals surface area contributed by atoms with Crippen LogP contribution in [0.2, 0.25) is 0 Å². The van der Waals surface area contributed by atoms with Crippen molar-refractivity contribution in [1.82, 2.24) is 4.57 Å². The lowest BCUT2D eigenvalue weighted by molar-refractivity contribution is 0.711. The molecule has 0 N–H and O–H groups in total. The van der Waals surface area contributed by atoms with E-state index in [1.807, 2.05) is 29.7 Å². The summed E-state index contributed by atoms with van der Waals surface area (Å²) in [6.45, 7) is 6.83. The van der Waals surface area contributed by atoms with Gasteiger partial charge in [0.2, 0.25) is 0 Å². The zero-order chi connectivity index (χ0) is 13.8. The first kappa shape index (κ1) is 13.6. The highest BCUT2D eigenvalue weighted by molar-refractivity contribution is 5.28. The zero-order valence-electron chi connectivity index (χ0n) is 11.9. The van der Waals surface area contributed by atoms with E-state index in [1.54, 1.807) is 0 Å². The van der Waals surface area contributed by atoms with Gasteiger partial charge in [-0.1, -0.05) is 44.2 Å². The van der Waals surface area contributed by atoms with Crippen LogP contribution in [0.5, 0.6) is 0 Å². The molecule has 1 aromatic heterocycles. The first-order chi connectivity index (χ1) is 9.17. The molecule has 2 heteroatoms. The number of rotatable bonds is 4. The molecule has 0 saturated carbocycles. The predicted molar refractivity (Wildman–Crippen MR) is 79.7 cm³/mol. The summed E-state index contributed by atoms with van der Waals surface area (Å²) in [5.41, 5.74) is 4.53. The lowest BCUT2D eigenvalue weighted by Crippen LogP contribution is -2.27. The van der Waals surface area contributed by atoms with Crippen LogP contribution in [0.1, 0.15) is 36.2 Å². The monoisotopic (exact) mass is 255 g/mol. The number of pyridine rings is 1. The summed E-state index contributed by atoms with van der Waals surface area (Å²) in [5.74, 6) is 0. The van der Waals surface area contributed by atoms with Crippen molar-refractivity contribution in [3.05, 3.63) is 69.1 Å². The first-order valence-electron chi connectivity index (χ1n) is 6.93. The fourth-order valence-corrected chi connectivity index (χ4v) is 2.53. The van der Waals surface area contributed by atoms with Gasteiger partial charge in [-0.25, -0.2) is 0 Å². The van der Waals surface area contributed by atoms with Gasteiger partial charge in [0, 0.05) is 11.3 Å². The van der Waals surface area contributed by atoms with Gasteiger partial charge in [-0.15, -0.1) is 0 Å². The van der Waals surface area contributed by atoms with E-state index >= 15 is 0 Å². The molecule has 2 rings (SSSR count). The van der Waals surface area contributed by atoms with Gasteiger partial charge in [-0.2, -0.15) is 0 Å². The molecular weight excluding hydrogens is 234 g/mol. The second kappa shape index (κ2) is 5.87.